The third-order valence-corrected chi connectivity index (χ3v) is 3.34. The summed E-state index contributed by atoms with van der Waals surface area (Å²) in [5.74, 6) is 0. The summed E-state index contributed by atoms with van der Waals surface area (Å²) in [4.78, 5) is 15.2. The normalized spacial score (nSPS) is 15.6. The molecule has 82 valence electrons. The van der Waals surface area contributed by atoms with E-state index >= 15 is 0 Å². The van der Waals surface area contributed by atoms with Gasteiger partial charge in [-0.3, -0.25) is 9.36 Å². The predicted molar refractivity (Wildman–Crippen MR) is 66.7 cm³/mol. The molecule has 3 rings (SSSR count). The van der Waals surface area contributed by atoms with Gasteiger partial charge in [0.15, 0.2) is 4.77 Å². The lowest BCUT2D eigenvalue weighted by atomic mass is 10.2. The van der Waals surface area contributed by atoms with Crippen LogP contribution in [0.5, 0.6) is 0 Å². The molecular weight excluding hydrogens is 244 g/mol. The van der Waals surface area contributed by atoms with Crippen LogP contribution in [0.25, 0.3) is 10.9 Å². The van der Waals surface area contributed by atoms with Crippen LogP contribution in [0.2, 0.25) is 5.02 Å². The number of nitrogens with zero attached hydrogens (tertiary/aromatic N) is 1. The van der Waals surface area contributed by atoms with Gasteiger partial charge in [0, 0.05) is 11.1 Å². The molecule has 0 amide bonds. The van der Waals surface area contributed by atoms with Crippen molar-refractivity contribution in [2.75, 3.05) is 0 Å². The second kappa shape index (κ2) is 3.43. The zero-order chi connectivity index (χ0) is 11.3. The SMILES string of the molecule is O=c1c2ccc(Cl)cc2[nH]c(=S)n1C1CC1. The molecular formula is C11H9ClN2OS. The highest BCUT2D eigenvalue weighted by Crippen LogP contribution is 2.33. The molecule has 1 aromatic heterocycles. The van der Waals surface area contributed by atoms with Gasteiger partial charge in [-0.05, 0) is 43.3 Å². The van der Waals surface area contributed by atoms with Gasteiger partial charge in [-0.25, -0.2) is 0 Å². The number of hydrogen-bond donors (Lipinski definition) is 1. The van der Waals surface area contributed by atoms with Crippen molar-refractivity contribution in [2.45, 2.75) is 18.9 Å². The van der Waals surface area contributed by atoms with Crippen molar-refractivity contribution in [1.82, 2.24) is 9.55 Å². The van der Waals surface area contributed by atoms with E-state index in [0.29, 0.717) is 20.7 Å². The Balaban J connectivity index is 2.43. The molecule has 3 nitrogen and oxygen atoms in total. The van der Waals surface area contributed by atoms with E-state index in [1.165, 1.54) is 0 Å². The maximum Gasteiger partial charge on any atom is 0.262 e. The van der Waals surface area contributed by atoms with Crippen molar-refractivity contribution in [3.63, 3.8) is 0 Å². The molecule has 16 heavy (non-hydrogen) atoms. The van der Waals surface area contributed by atoms with E-state index < -0.39 is 0 Å². The molecule has 0 radical (unpaired) electrons. The Morgan fingerprint density at radius 1 is 1.44 bits per heavy atom. The van der Waals surface area contributed by atoms with E-state index in [4.69, 9.17) is 23.8 Å². The fraction of sp³-hybridized carbons (Fsp3) is 0.273. The Labute approximate surface area is 102 Å². The number of aromatic amines is 1. The summed E-state index contributed by atoms with van der Waals surface area (Å²) in [6, 6.07) is 5.48. The Morgan fingerprint density at radius 3 is 2.88 bits per heavy atom. The van der Waals surface area contributed by atoms with Crippen molar-refractivity contribution >= 4 is 34.7 Å². The molecule has 0 saturated heterocycles. The molecule has 1 aliphatic carbocycles. The van der Waals surface area contributed by atoms with Crippen molar-refractivity contribution in [1.29, 1.82) is 0 Å². The van der Waals surface area contributed by atoms with Crippen LogP contribution in [0.15, 0.2) is 23.0 Å². The number of benzene rings is 1. The molecule has 1 heterocycles. The first-order valence-electron chi connectivity index (χ1n) is 5.11. The third-order valence-electron chi connectivity index (χ3n) is 2.80. The summed E-state index contributed by atoms with van der Waals surface area (Å²) in [5, 5.41) is 1.24. The lowest BCUT2D eigenvalue weighted by molar-refractivity contribution is 0.686. The lowest BCUT2D eigenvalue weighted by Gasteiger charge is -2.06. The van der Waals surface area contributed by atoms with Crippen LogP contribution in [-0.2, 0) is 0 Å². The second-order valence-corrected chi connectivity index (χ2v) is 4.85. The molecule has 1 N–H and O–H groups in total. The van der Waals surface area contributed by atoms with Gasteiger partial charge in [0.1, 0.15) is 0 Å². The Kier molecular flexibility index (Phi) is 2.16. The molecule has 0 aliphatic heterocycles. The van der Waals surface area contributed by atoms with Crippen molar-refractivity contribution < 1.29 is 0 Å². The minimum Gasteiger partial charge on any atom is -0.331 e. The van der Waals surface area contributed by atoms with Crippen LogP contribution < -0.4 is 5.56 Å². The maximum atomic E-state index is 12.2. The molecule has 1 aliphatic rings. The summed E-state index contributed by atoms with van der Waals surface area (Å²) in [7, 11) is 0. The molecule has 0 unspecified atom stereocenters. The molecule has 1 fully saturated rings. The van der Waals surface area contributed by atoms with Crippen LogP contribution in [-0.4, -0.2) is 9.55 Å². The van der Waals surface area contributed by atoms with Gasteiger partial charge in [0.25, 0.3) is 5.56 Å². The molecule has 0 atom stereocenters. The van der Waals surface area contributed by atoms with E-state index in [-0.39, 0.29) is 11.6 Å². The van der Waals surface area contributed by atoms with Crippen LogP contribution in [0.4, 0.5) is 0 Å². The fourth-order valence-electron chi connectivity index (χ4n) is 1.87. The average molecular weight is 253 g/mol. The molecule has 2 aromatic rings. The van der Waals surface area contributed by atoms with Gasteiger partial charge < -0.3 is 4.98 Å². The van der Waals surface area contributed by atoms with Gasteiger partial charge in [-0.15, -0.1) is 0 Å². The summed E-state index contributed by atoms with van der Waals surface area (Å²) in [6.45, 7) is 0. The van der Waals surface area contributed by atoms with E-state index in [0.717, 1.165) is 12.8 Å². The molecule has 1 aromatic carbocycles. The molecule has 5 heteroatoms. The zero-order valence-corrected chi connectivity index (χ0v) is 9.94. The average Bonchev–Trinajstić information content (AvgIpc) is 3.01. The summed E-state index contributed by atoms with van der Waals surface area (Å²) in [6.07, 6.45) is 2.08. The highest BCUT2D eigenvalue weighted by Gasteiger charge is 2.26. The van der Waals surface area contributed by atoms with Crippen LogP contribution in [0.1, 0.15) is 18.9 Å². The Morgan fingerprint density at radius 2 is 2.19 bits per heavy atom. The number of halogens is 1. The summed E-state index contributed by atoms with van der Waals surface area (Å²) < 4.78 is 2.16. The number of hydrogen-bond acceptors (Lipinski definition) is 2. The first-order chi connectivity index (χ1) is 7.66. The van der Waals surface area contributed by atoms with E-state index in [9.17, 15) is 4.79 Å². The zero-order valence-electron chi connectivity index (χ0n) is 8.37. The maximum absolute atomic E-state index is 12.2. The number of rotatable bonds is 1. The highest BCUT2D eigenvalue weighted by atomic mass is 35.5. The van der Waals surface area contributed by atoms with Gasteiger partial charge in [0.2, 0.25) is 0 Å². The van der Waals surface area contributed by atoms with Gasteiger partial charge in [-0.1, -0.05) is 11.6 Å². The largest absolute Gasteiger partial charge is 0.331 e. The van der Waals surface area contributed by atoms with E-state index in [2.05, 4.69) is 4.98 Å². The summed E-state index contributed by atoms with van der Waals surface area (Å²) >= 11 is 11.1. The van der Waals surface area contributed by atoms with E-state index in [1.54, 1.807) is 22.8 Å². The standard InChI is InChI=1S/C11H9ClN2OS/c12-6-1-4-8-9(5-6)13-11(16)14(10(8)15)7-2-3-7/h1,4-5,7H,2-3H2,(H,13,16). The number of nitrogens with one attached hydrogen (secondary N) is 1. The quantitative estimate of drug-likeness (QED) is 0.792. The number of aromatic nitrogens is 2. The first-order valence-corrected chi connectivity index (χ1v) is 5.89. The van der Waals surface area contributed by atoms with Crippen molar-refractivity contribution in [2.24, 2.45) is 0 Å². The molecule has 0 bridgehead atoms. The number of H-pyrrole nitrogens is 1. The lowest BCUT2D eigenvalue weighted by Crippen LogP contribution is -2.21. The highest BCUT2D eigenvalue weighted by molar-refractivity contribution is 7.71. The van der Waals surface area contributed by atoms with Crippen LogP contribution in [0, 0.1) is 4.77 Å². The monoisotopic (exact) mass is 252 g/mol. The smallest absolute Gasteiger partial charge is 0.262 e. The van der Waals surface area contributed by atoms with Gasteiger partial charge >= 0.3 is 0 Å². The first kappa shape index (κ1) is 10.1. The second-order valence-electron chi connectivity index (χ2n) is 4.03. The van der Waals surface area contributed by atoms with Gasteiger partial charge in [0.05, 0.1) is 10.9 Å². The molecule has 1 saturated carbocycles. The Hall–Kier alpha value is -1.13. The topological polar surface area (TPSA) is 37.8 Å². The van der Waals surface area contributed by atoms with Gasteiger partial charge in [-0.2, -0.15) is 0 Å². The van der Waals surface area contributed by atoms with Crippen molar-refractivity contribution in [3.8, 4) is 0 Å². The van der Waals surface area contributed by atoms with Crippen molar-refractivity contribution in [3.05, 3.63) is 38.3 Å². The van der Waals surface area contributed by atoms with Crippen LogP contribution >= 0.6 is 23.8 Å². The third kappa shape index (κ3) is 1.49. The Bertz CT molecular complexity index is 684. The number of fused-ring (bicyclic) bond motifs is 1. The van der Waals surface area contributed by atoms with Crippen LogP contribution in [0.3, 0.4) is 0 Å². The molecule has 0 spiro atoms. The summed E-state index contributed by atoms with van der Waals surface area (Å²) in [5.41, 5.74) is 0.692. The minimum atomic E-state index is -0.0158. The predicted octanol–water partition coefficient (Wildman–Crippen LogP) is 3.05. The minimum absolute atomic E-state index is 0.0158. The van der Waals surface area contributed by atoms with E-state index in [1.807, 2.05) is 0 Å². The fourth-order valence-corrected chi connectivity index (χ4v) is 2.38.